The number of benzene rings is 2. The van der Waals surface area contributed by atoms with Gasteiger partial charge in [-0.2, -0.15) is 0 Å². The monoisotopic (exact) mass is 345 g/mol. The number of nitrogens with one attached hydrogen (secondary N) is 1. The van der Waals surface area contributed by atoms with Crippen molar-refractivity contribution in [2.24, 2.45) is 0 Å². The fourth-order valence-electron chi connectivity index (χ4n) is 1.95. The lowest BCUT2D eigenvalue weighted by molar-refractivity contribution is 0.552. The lowest BCUT2D eigenvalue weighted by Gasteiger charge is -2.19. The maximum Gasteiger partial charge on any atom is 0.131 e. The van der Waals surface area contributed by atoms with Gasteiger partial charge in [-0.25, -0.2) is 8.78 Å². The molecule has 2 aromatic rings. The molecule has 1 nitrogen and oxygen atoms in total. The summed E-state index contributed by atoms with van der Waals surface area (Å²) in [7, 11) is 1.70. The quantitative estimate of drug-likeness (QED) is 0.850. The molecule has 0 aliphatic heterocycles. The third kappa shape index (κ3) is 3.14. The highest BCUT2D eigenvalue weighted by Gasteiger charge is 2.19. The minimum absolute atomic E-state index is 0.355. The summed E-state index contributed by atoms with van der Waals surface area (Å²) < 4.78 is 27.7. The van der Waals surface area contributed by atoms with E-state index in [1.54, 1.807) is 19.2 Å². The Kier molecular flexibility index (Phi) is 4.55. The van der Waals surface area contributed by atoms with Gasteiger partial charge < -0.3 is 5.32 Å². The van der Waals surface area contributed by atoms with Crippen LogP contribution in [0.25, 0.3) is 0 Å². The van der Waals surface area contributed by atoms with Gasteiger partial charge in [-0.05, 0) is 30.8 Å². The van der Waals surface area contributed by atoms with Crippen molar-refractivity contribution in [3.05, 3.63) is 68.7 Å². The van der Waals surface area contributed by atoms with E-state index in [4.69, 9.17) is 11.6 Å². The predicted molar refractivity (Wildman–Crippen MR) is 76.4 cm³/mol. The van der Waals surface area contributed by atoms with E-state index in [0.29, 0.717) is 10.6 Å². The van der Waals surface area contributed by atoms with Crippen molar-refractivity contribution in [1.82, 2.24) is 5.32 Å². The normalized spacial score (nSPS) is 12.5. The molecular formula is C14H11BrClF2N. The van der Waals surface area contributed by atoms with Crippen molar-refractivity contribution in [3.63, 3.8) is 0 Å². The molecule has 0 aliphatic carbocycles. The van der Waals surface area contributed by atoms with Crippen molar-refractivity contribution in [2.45, 2.75) is 6.04 Å². The molecule has 0 saturated heterocycles. The van der Waals surface area contributed by atoms with Crippen LogP contribution in [0.15, 0.2) is 40.9 Å². The molecular weight excluding hydrogens is 336 g/mol. The van der Waals surface area contributed by atoms with Crippen LogP contribution in [-0.4, -0.2) is 7.05 Å². The molecule has 1 unspecified atom stereocenters. The van der Waals surface area contributed by atoms with Crippen LogP contribution in [0.1, 0.15) is 17.2 Å². The molecule has 19 heavy (non-hydrogen) atoms. The van der Waals surface area contributed by atoms with Gasteiger partial charge >= 0.3 is 0 Å². The second-order valence-electron chi connectivity index (χ2n) is 4.05. The van der Waals surface area contributed by atoms with Gasteiger partial charge in [-0.3, -0.25) is 0 Å². The van der Waals surface area contributed by atoms with Crippen LogP contribution in [0.2, 0.25) is 5.02 Å². The van der Waals surface area contributed by atoms with Crippen LogP contribution >= 0.6 is 27.5 Å². The first-order chi connectivity index (χ1) is 9.02. The predicted octanol–water partition coefficient (Wildman–Crippen LogP) is 4.69. The second kappa shape index (κ2) is 5.99. The summed E-state index contributed by atoms with van der Waals surface area (Å²) in [5, 5.41) is 3.50. The van der Waals surface area contributed by atoms with Gasteiger partial charge in [0.25, 0.3) is 0 Å². The average molecular weight is 347 g/mol. The molecule has 0 spiro atoms. The number of hydrogen-bond donors (Lipinski definition) is 1. The molecule has 2 rings (SSSR count). The molecule has 2 aromatic carbocycles. The summed E-state index contributed by atoms with van der Waals surface area (Å²) in [5.74, 6) is -1.20. The molecule has 1 N–H and O–H groups in total. The molecule has 0 heterocycles. The van der Waals surface area contributed by atoms with Crippen LogP contribution in [0.3, 0.4) is 0 Å². The maximum absolute atomic E-state index is 13.9. The molecule has 0 bridgehead atoms. The zero-order chi connectivity index (χ0) is 14.0. The molecule has 0 fully saturated rings. The molecule has 0 saturated carbocycles. The van der Waals surface area contributed by atoms with E-state index in [9.17, 15) is 8.78 Å². The largest absolute Gasteiger partial charge is 0.309 e. The van der Waals surface area contributed by atoms with E-state index in [1.807, 2.05) is 6.07 Å². The van der Waals surface area contributed by atoms with Gasteiger partial charge in [0.05, 0.1) is 6.04 Å². The molecule has 1 atom stereocenters. The van der Waals surface area contributed by atoms with Crippen LogP contribution in [-0.2, 0) is 0 Å². The summed E-state index contributed by atoms with van der Waals surface area (Å²) in [6, 6.07) is 8.46. The molecule has 0 aromatic heterocycles. The lowest BCUT2D eigenvalue weighted by atomic mass is 9.98. The third-order valence-corrected chi connectivity index (χ3v) is 3.66. The Balaban J connectivity index is 2.50. The molecule has 5 heteroatoms. The topological polar surface area (TPSA) is 12.0 Å². The number of hydrogen-bond acceptors (Lipinski definition) is 1. The third-order valence-electron chi connectivity index (χ3n) is 2.84. The fraction of sp³-hybridized carbons (Fsp3) is 0.143. The highest BCUT2D eigenvalue weighted by atomic mass is 79.9. The number of halogens is 4. The standard InChI is InChI=1S/C14H11BrClF2N/c1-19-14(10-4-2-8(15)6-12(10)16)11-5-3-9(17)7-13(11)18/h2-7,14,19H,1H3. The second-order valence-corrected chi connectivity index (χ2v) is 5.38. The summed E-state index contributed by atoms with van der Waals surface area (Å²) in [6.07, 6.45) is 0. The van der Waals surface area contributed by atoms with Crippen molar-refractivity contribution in [2.75, 3.05) is 7.05 Å². The first-order valence-electron chi connectivity index (χ1n) is 5.60. The van der Waals surface area contributed by atoms with Crippen LogP contribution in [0, 0.1) is 11.6 Å². The van der Waals surface area contributed by atoms with Crippen molar-refractivity contribution in [3.8, 4) is 0 Å². The zero-order valence-electron chi connectivity index (χ0n) is 10.1. The summed E-state index contributed by atoms with van der Waals surface area (Å²) in [5.41, 5.74) is 1.09. The first-order valence-corrected chi connectivity index (χ1v) is 6.77. The molecule has 0 radical (unpaired) electrons. The first kappa shape index (κ1) is 14.4. The fourth-order valence-corrected chi connectivity index (χ4v) is 2.73. The van der Waals surface area contributed by atoms with Gasteiger partial charge in [0.1, 0.15) is 11.6 Å². The highest BCUT2D eigenvalue weighted by Crippen LogP contribution is 2.31. The number of rotatable bonds is 3. The van der Waals surface area contributed by atoms with Gasteiger partial charge in [-0.1, -0.05) is 39.7 Å². The van der Waals surface area contributed by atoms with Gasteiger partial charge in [0.2, 0.25) is 0 Å². The Morgan fingerprint density at radius 3 is 2.37 bits per heavy atom. The molecule has 0 aliphatic rings. The minimum atomic E-state index is -0.599. The minimum Gasteiger partial charge on any atom is -0.309 e. The molecule has 100 valence electrons. The van der Waals surface area contributed by atoms with E-state index >= 15 is 0 Å². The smallest absolute Gasteiger partial charge is 0.131 e. The Morgan fingerprint density at radius 1 is 1.11 bits per heavy atom. The van der Waals surface area contributed by atoms with Crippen molar-refractivity contribution in [1.29, 1.82) is 0 Å². The van der Waals surface area contributed by atoms with E-state index in [2.05, 4.69) is 21.2 Å². The van der Waals surface area contributed by atoms with Gasteiger partial charge in [0, 0.05) is 21.1 Å². The van der Waals surface area contributed by atoms with Gasteiger partial charge in [0.15, 0.2) is 0 Å². The van der Waals surface area contributed by atoms with Crippen LogP contribution in [0.4, 0.5) is 8.78 Å². The van der Waals surface area contributed by atoms with E-state index in [-0.39, 0.29) is 0 Å². The van der Waals surface area contributed by atoms with E-state index in [0.717, 1.165) is 16.1 Å². The van der Waals surface area contributed by atoms with E-state index in [1.165, 1.54) is 12.1 Å². The SMILES string of the molecule is CNC(c1ccc(F)cc1F)c1ccc(Br)cc1Cl. The van der Waals surface area contributed by atoms with Crippen LogP contribution in [0.5, 0.6) is 0 Å². The average Bonchev–Trinajstić information content (AvgIpc) is 2.34. The van der Waals surface area contributed by atoms with Gasteiger partial charge in [-0.15, -0.1) is 0 Å². The Labute approximate surface area is 123 Å². The summed E-state index contributed by atoms with van der Waals surface area (Å²) in [4.78, 5) is 0. The Morgan fingerprint density at radius 2 is 1.79 bits per heavy atom. The summed E-state index contributed by atoms with van der Waals surface area (Å²) in [6.45, 7) is 0. The Hall–Kier alpha value is -0.970. The lowest BCUT2D eigenvalue weighted by Crippen LogP contribution is -2.19. The highest BCUT2D eigenvalue weighted by molar-refractivity contribution is 9.10. The Bertz CT molecular complexity index is 552. The molecule has 0 amide bonds. The zero-order valence-corrected chi connectivity index (χ0v) is 12.4. The maximum atomic E-state index is 13.9. The summed E-state index contributed by atoms with van der Waals surface area (Å²) >= 11 is 9.49. The van der Waals surface area contributed by atoms with Crippen LogP contribution < -0.4 is 5.32 Å². The van der Waals surface area contributed by atoms with E-state index < -0.39 is 17.7 Å². The van der Waals surface area contributed by atoms with Crippen molar-refractivity contribution < 1.29 is 8.78 Å². The van der Waals surface area contributed by atoms with Crippen molar-refractivity contribution >= 4 is 27.5 Å².